The fraction of sp³-hybridized carbons (Fsp3) is 0.417. The fourth-order valence-electron chi connectivity index (χ4n) is 3.78. The zero-order valence-electron chi connectivity index (χ0n) is 18.9. The molecule has 1 saturated heterocycles. The first kappa shape index (κ1) is 22.0. The second kappa shape index (κ2) is 9.08. The molecule has 4 rings (SSSR count). The Kier molecular flexibility index (Phi) is 6.23. The number of ether oxygens (including phenoxy) is 2. The van der Waals surface area contributed by atoms with Crippen LogP contribution in [0.4, 0.5) is 0 Å². The average Bonchev–Trinajstić information content (AvgIpc) is 3.21. The molecule has 0 aliphatic carbocycles. The van der Waals surface area contributed by atoms with E-state index in [1.165, 1.54) is 0 Å². The molecular weight excluding hydrogens is 408 g/mol. The van der Waals surface area contributed by atoms with Crippen LogP contribution < -0.4 is 0 Å². The van der Waals surface area contributed by atoms with E-state index in [-0.39, 0.29) is 24.7 Å². The molecule has 8 heteroatoms. The zero-order chi connectivity index (χ0) is 22.8. The summed E-state index contributed by atoms with van der Waals surface area (Å²) in [4.78, 5) is 32.0. The number of amides is 1. The number of esters is 1. The highest BCUT2D eigenvalue weighted by atomic mass is 16.5. The van der Waals surface area contributed by atoms with Gasteiger partial charge in [0, 0.05) is 24.7 Å². The monoisotopic (exact) mass is 436 g/mol. The molecule has 1 aliphatic rings. The molecule has 1 aromatic carbocycles. The van der Waals surface area contributed by atoms with Crippen LogP contribution in [0.15, 0.2) is 36.5 Å². The van der Waals surface area contributed by atoms with Crippen molar-refractivity contribution in [3.05, 3.63) is 47.7 Å². The van der Waals surface area contributed by atoms with E-state index in [1.807, 2.05) is 52.0 Å². The largest absolute Gasteiger partial charge is 0.452 e. The first-order valence-corrected chi connectivity index (χ1v) is 10.8. The van der Waals surface area contributed by atoms with Gasteiger partial charge >= 0.3 is 5.97 Å². The van der Waals surface area contributed by atoms with Crippen LogP contribution >= 0.6 is 0 Å². The van der Waals surface area contributed by atoms with Gasteiger partial charge in [-0.3, -0.25) is 4.79 Å². The number of hydrogen-bond donors (Lipinski definition) is 0. The van der Waals surface area contributed by atoms with Crippen molar-refractivity contribution in [2.45, 2.75) is 39.8 Å². The van der Waals surface area contributed by atoms with Crippen LogP contribution in [0.3, 0.4) is 0 Å². The number of pyridine rings is 1. The summed E-state index contributed by atoms with van der Waals surface area (Å²) in [5.41, 5.74) is 3.64. The third kappa shape index (κ3) is 4.50. The standard InChI is InChI=1S/C24H28N4O4/c1-15(2)28-23-20(12-25-28)19(11-21(26-23)18-7-5-16(3)6-8-18)24(30)32-14-22(29)27-9-10-31-17(4)13-27/h5-8,11-12,15,17H,9-10,13-14H2,1-4H3. The molecule has 2 aromatic heterocycles. The van der Waals surface area contributed by atoms with Crippen molar-refractivity contribution in [1.82, 2.24) is 19.7 Å². The Hall–Kier alpha value is -3.26. The van der Waals surface area contributed by atoms with Crippen molar-refractivity contribution in [3.63, 3.8) is 0 Å². The zero-order valence-corrected chi connectivity index (χ0v) is 18.9. The number of fused-ring (bicyclic) bond motifs is 1. The molecule has 1 amide bonds. The molecule has 168 valence electrons. The molecule has 0 radical (unpaired) electrons. The number of nitrogens with zero attached hydrogens (tertiary/aromatic N) is 4. The van der Waals surface area contributed by atoms with Crippen molar-refractivity contribution in [3.8, 4) is 11.3 Å². The van der Waals surface area contributed by atoms with Gasteiger partial charge in [0.25, 0.3) is 5.91 Å². The summed E-state index contributed by atoms with van der Waals surface area (Å²) in [5.74, 6) is -0.792. The average molecular weight is 437 g/mol. The number of rotatable bonds is 5. The van der Waals surface area contributed by atoms with Crippen LogP contribution in [-0.2, 0) is 14.3 Å². The molecule has 0 saturated carbocycles. The van der Waals surface area contributed by atoms with E-state index in [9.17, 15) is 9.59 Å². The Labute approximate surface area is 187 Å². The first-order valence-electron chi connectivity index (χ1n) is 10.8. The normalized spacial score (nSPS) is 16.5. The summed E-state index contributed by atoms with van der Waals surface area (Å²) in [5, 5.41) is 5.02. The number of benzene rings is 1. The smallest absolute Gasteiger partial charge is 0.339 e. The minimum atomic E-state index is -0.566. The maximum absolute atomic E-state index is 13.0. The van der Waals surface area contributed by atoms with Crippen LogP contribution in [0.25, 0.3) is 22.3 Å². The third-order valence-electron chi connectivity index (χ3n) is 5.54. The molecule has 0 spiro atoms. The summed E-state index contributed by atoms with van der Waals surface area (Å²) in [6, 6.07) is 9.72. The minimum absolute atomic E-state index is 0.0258. The van der Waals surface area contributed by atoms with Gasteiger partial charge in [-0.2, -0.15) is 5.10 Å². The lowest BCUT2D eigenvalue weighted by Crippen LogP contribution is -2.46. The topological polar surface area (TPSA) is 86.5 Å². The number of aryl methyl sites for hydroxylation is 1. The second-order valence-electron chi connectivity index (χ2n) is 8.44. The highest BCUT2D eigenvalue weighted by Gasteiger charge is 2.24. The molecule has 1 atom stereocenters. The predicted octanol–water partition coefficient (Wildman–Crippen LogP) is 3.39. The molecule has 32 heavy (non-hydrogen) atoms. The maximum atomic E-state index is 13.0. The van der Waals surface area contributed by atoms with E-state index >= 15 is 0 Å². The molecule has 8 nitrogen and oxygen atoms in total. The van der Waals surface area contributed by atoms with Gasteiger partial charge in [-0.05, 0) is 33.8 Å². The van der Waals surface area contributed by atoms with Crippen molar-refractivity contribution in [2.24, 2.45) is 0 Å². The van der Waals surface area contributed by atoms with Gasteiger partial charge in [0.05, 0.1) is 35.6 Å². The van der Waals surface area contributed by atoms with Crippen molar-refractivity contribution in [2.75, 3.05) is 26.3 Å². The molecule has 1 fully saturated rings. The fourth-order valence-corrected chi connectivity index (χ4v) is 3.78. The lowest BCUT2D eigenvalue weighted by atomic mass is 10.1. The van der Waals surface area contributed by atoms with Gasteiger partial charge in [-0.15, -0.1) is 0 Å². The molecular formula is C24H28N4O4. The van der Waals surface area contributed by atoms with E-state index in [1.54, 1.807) is 21.8 Å². The Morgan fingerprint density at radius 1 is 1.25 bits per heavy atom. The van der Waals surface area contributed by atoms with Crippen LogP contribution in [0.5, 0.6) is 0 Å². The quantitative estimate of drug-likeness (QED) is 0.570. The lowest BCUT2D eigenvalue weighted by Gasteiger charge is -2.30. The van der Waals surface area contributed by atoms with Crippen LogP contribution in [0.1, 0.15) is 42.7 Å². The van der Waals surface area contributed by atoms with Crippen LogP contribution in [0.2, 0.25) is 0 Å². The minimum Gasteiger partial charge on any atom is -0.452 e. The Morgan fingerprint density at radius 2 is 2.00 bits per heavy atom. The summed E-state index contributed by atoms with van der Waals surface area (Å²) in [6.07, 6.45) is 1.60. The Bertz CT molecular complexity index is 1140. The van der Waals surface area contributed by atoms with Crippen molar-refractivity contribution in [1.29, 1.82) is 0 Å². The summed E-state index contributed by atoms with van der Waals surface area (Å²) < 4.78 is 12.7. The summed E-state index contributed by atoms with van der Waals surface area (Å²) >= 11 is 0. The number of morpholine rings is 1. The van der Waals surface area contributed by atoms with E-state index in [4.69, 9.17) is 14.5 Å². The Morgan fingerprint density at radius 3 is 2.69 bits per heavy atom. The van der Waals surface area contributed by atoms with Crippen molar-refractivity contribution >= 4 is 22.9 Å². The first-order chi connectivity index (χ1) is 15.3. The summed E-state index contributed by atoms with van der Waals surface area (Å²) in [6.45, 7) is 9.11. The highest BCUT2D eigenvalue weighted by Crippen LogP contribution is 2.27. The van der Waals surface area contributed by atoms with Gasteiger partial charge in [0.2, 0.25) is 0 Å². The Balaban J connectivity index is 1.63. The SMILES string of the molecule is Cc1ccc(-c2cc(C(=O)OCC(=O)N3CCOC(C)C3)c3cnn(C(C)C)c3n2)cc1. The van der Waals surface area contributed by atoms with Gasteiger partial charge in [0.1, 0.15) is 0 Å². The number of hydrogen-bond acceptors (Lipinski definition) is 6. The van der Waals surface area contributed by atoms with Gasteiger partial charge < -0.3 is 14.4 Å². The molecule has 1 unspecified atom stereocenters. The van der Waals surface area contributed by atoms with Crippen molar-refractivity contribution < 1.29 is 19.1 Å². The van der Waals surface area contributed by atoms with Gasteiger partial charge in [-0.25, -0.2) is 14.5 Å². The van der Waals surface area contributed by atoms with E-state index in [2.05, 4.69) is 5.10 Å². The number of carbonyl (C=O) groups is 2. The second-order valence-corrected chi connectivity index (χ2v) is 8.44. The number of carbonyl (C=O) groups excluding carboxylic acids is 2. The van der Waals surface area contributed by atoms with E-state index in [0.717, 1.165) is 11.1 Å². The van der Waals surface area contributed by atoms with Crippen LogP contribution in [-0.4, -0.2) is 63.9 Å². The molecule has 3 aromatic rings. The lowest BCUT2D eigenvalue weighted by molar-refractivity contribution is -0.141. The van der Waals surface area contributed by atoms with Gasteiger partial charge in [-0.1, -0.05) is 29.8 Å². The molecule has 3 heterocycles. The van der Waals surface area contributed by atoms with Gasteiger partial charge in [0.15, 0.2) is 12.3 Å². The highest BCUT2D eigenvalue weighted by molar-refractivity contribution is 6.04. The molecule has 0 bridgehead atoms. The summed E-state index contributed by atoms with van der Waals surface area (Å²) in [7, 11) is 0. The molecule has 1 aliphatic heterocycles. The van der Waals surface area contributed by atoms with E-state index in [0.29, 0.717) is 42.0 Å². The van der Waals surface area contributed by atoms with E-state index < -0.39 is 5.97 Å². The third-order valence-corrected chi connectivity index (χ3v) is 5.54. The molecule has 0 N–H and O–H groups in total. The number of aromatic nitrogens is 3. The van der Waals surface area contributed by atoms with Crippen LogP contribution in [0, 0.1) is 6.92 Å². The predicted molar refractivity (Wildman–Crippen MR) is 120 cm³/mol. The maximum Gasteiger partial charge on any atom is 0.339 e.